The molecule has 6 heteroatoms. The Labute approximate surface area is 142 Å². The molecule has 1 heterocycles. The van der Waals surface area contributed by atoms with E-state index in [0.29, 0.717) is 42.9 Å². The van der Waals surface area contributed by atoms with E-state index in [-0.39, 0.29) is 11.8 Å². The number of nitrogens with one attached hydrogen (secondary N) is 1. The van der Waals surface area contributed by atoms with Gasteiger partial charge in [-0.3, -0.25) is 9.59 Å². The summed E-state index contributed by atoms with van der Waals surface area (Å²) in [5, 5.41) is 12.5. The smallest absolute Gasteiger partial charge is 0.256 e. The standard InChI is InChI=1S/C18H25N3O3/c1-13(11-20(2)3)17(23)19-16-9-5-4-8-15(16)18(24)21-10-6-7-14(22)12-21/h4-5,8-9,14,22H,1,6-7,10-12H2,2-3H3,(H,19,23). The number of benzene rings is 1. The Balaban J connectivity index is 2.13. The number of hydrogen-bond donors (Lipinski definition) is 2. The fraction of sp³-hybridized carbons (Fsp3) is 0.444. The van der Waals surface area contributed by atoms with Gasteiger partial charge in [0.2, 0.25) is 0 Å². The van der Waals surface area contributed by atoms with Crippen molar-refractivity contribution >= 4 is 17.5 Å². The van der Waals surface area contributed by atoms with E-state index in [9.17, 15) is 14.7 Å². The van der Waals surface area contributed by atoms with Crippen LogP contribution in [0.15, 0.2) is 36.4 Å². The second-order valence-electron chi connectivity index (χ2n) is 6.39. The lowest BCUT2D eigenvalue weighted by atomic mass is 10.1. The number of piperidine rings is 1. The van der Waals surface area contributed by atoms with Crippen molar-refractivity contribution in [1.82, 2.24) is 9.80 Å². The minimum Gasteiger partial charge on any atom is -0.391 e. The number of aliphatic hydroxyl groups is 1. The Morgan fingerprint density at radius 3 is 2.75 bits per heavy atom. The first-order chi connectivity index (χ1) is 11.4. The van der Waals surface area contributed by atoms with E-state index < -0.39 is 6.10 Å². The van der Waals surface area contributed by atoms with Crippen molar-refractivity contribution < 1.29 is 14.7 Å². The Morgan fingerprint density at radius 2 is 2.08 bits per heavy atom. The summed E-state index contributed by atoms with van der Waals surface area (Å²) in [6, 6.07) is 6.92. The summed E-state index contributed by atoms with van der Waals surface area (Å²) in [7, 11) is 3.72. The average Bonchev–Trinajstić information content (AvgIpc) is 2.54. The summed E-state index contributed by atoms with van der Waals surface area (Å²) in [5.74, 6) is -0.481. The Bertz CT molecular complexity index is 628. The van der Waals surface area contributed by atoms with Crippen LogP contribution in [0.5, 0.6) is 0 Å². The van der Waals surface area contributed by atoms with Gasteiger partial charge >= 0.3 is 0 Å². The van der Waals surface area contributed by atoms with Crippen LogP contribution in [0.25, 0.3) is 0 Å². The number of carbonyl (C=O) groups excluding carboxylic acids is 2. The molecule has 1 aliphatic rings. The van der Waals surface area contributed by atoms with E-state index in [1.54, 1.807) is 29.2 Å². The molecule has 0 aromatic heterocycles. The molecule has 1 atom stereocenters. The van der Waals surface area contributed by atoms with E-state index in [4.69, 9.17) is 0 Å². The molecule has 1 saturated heterocycles. The molecule has 130 valence electrons. The van der Waals surface area contributed by atoms with Crippen LogP contribution < -0.4 is 5.32 Å². The SMILES string of the molecule is C=C(CN(C)C)C(=O)Nc1ccccc1C(=O)N1CCCC(O)C1. The molecule has 0 radical (unpaired) electrons. The molecule has 1 unspecified atom stereocenters. The van der Waals surface area contributed by atoms with Gasteiger partial charge in [0, 0.05) is 25.2 Å². The van der Waals surface area contributed by atoms with E-state index >= 15 is 0 Å². The average molecular weight is 331 g/mol. The molecule has 1 aromatic rings. The van der Waals surface area contributed by atoms with Crippen molar-refractivity contribution in [3.8, 4) is 0 Å². The third kappa shape index (κ3) is 4.66. The van der Waals surface area contributed by atoms with Crippen molar-refractivity contribution in [1.29, 1.82) is 0 Å². The largest absolute Gasteiger partial charge is 0.391 e. The van der Waals surface area contributed by atoms with Crippen molar-refractivity contribution in [3.63, 3.8) is 0 Å². The Morgan fingerprint density at radius 1 is 1.38 bits per heavy atom. The maximum Gasteiger partial charge on any atom is 0.256 e. The van der Waals surface area contributed by atoms with E-state index in [0.717, 1.165) is 6.42 Å². The first-order valence-electron chi connectivity index (χ1n) is 8.08. The van der Waals surface area contributed by atoms with Crippen LogP contribution in [0, 0.1) is 0 Å². The molecule has 1 aromatic carbocycles. The van der Waals surface area contributed by atoms with E-state index in [2.05, 4.69) is 11.9 Å². The highest BCUT2D eigenvalue weighted by Gasteiger charge is 2.25. The number of hydrogen-bond acceptors (Lipinski definition) is 4. The number of amides is 2. The first-order valence-corrected chi connectivity index (χ1v) is 8.08. The van der Waals surface area contributed by atoms with Crippen LogP contribution >= 0.6 is 0 Å². The van der Waals surface area contributed by atoms with Crippen molar-refractivity contribution in [2.24, 2.45) is 0 Å². The van der Waals surface area contributed by atoms with Gasteiger partial charge in [0.25, 0.3) is 11.8 Å². The molecule has 1 aliphatic heterocycles. The number of likely N-dealkylation sites (tertiary alicyclic amines) is 1. The number of anilines is 1. The van der Waals surface area contributed by atoms with Crippen LogP contribution in [-0.2, 0) is 4.79 Å². The van der Waals surface area contributed by atoms with Gasteiger partial charge in [-0.05, 0) is 39.1 Å². The fourth-order valence-corrected chi connectivity index (χ4v) is 2.75. The third-order valence-electron chi connectivity index (χ3n) is 3.92. The third-order valence-corrected chi connectivity index (χ3v) is 3.92. The number of likely N-dealkylation sites (N-methyl/N-ethyl adjacent to an activating group) is 1. The van der Waals surface area contributed by atoms with Gasteiger partial charge in [0.15, 0.2) is 0 Å². The lowest BCUT2D eigenvalue weighted by Crippen LogP contribution is -2.42. The lowest BCUT2D eigenvalue weighted by Gasteiger charge is -2.30. The topological polar surface area (TPSA) is 72.9 Å². The van der Waals surface area contributed by atoms with Gasteiger partial charge in [-0.2, -0.15) is 0 Å². The number of aliphatic hydroxyl groups excluding tert-OH is 1. The van der Waals surface area contributed by atoms with Crippen molar-refractivity contribution in [3.05, 3.63) is 42.0 Å². The zero-order valence-electron chi connectivity index (χ0n) is 14.3. The van der Waals surface area contributed by atoms with Gasteiger partial charge in [-0.15, -0.1) is 0 Å². The molecule has 2 rings (SSSR count). The zero-order chi connectivity index (χ0) is 17.7. The van der Waals surface area contributed by atoms with Gasteiger partial charge in [0.05, 0.1) is 17.4 Å². The normalized spacial score (nSPS) is 17.7. The molecule has 0 bridgehead atoms. The summed E-state index contributed by atoms with van der Waals surface area (Å²) < 4.78 is 0. The fourth-order valence-electron chi connectivity index (χ4n) is 2.75. The number of carbonyl (C=O) groups is 2. The van der Waals surface area contributed by atoms with Crippen molar-refractivity contribution in [2.45, 2.75) is 18.9 Å². The Hall–Kier alpha value is -2.18. The zero-order valence-corrected chi connectivity index (χ0v) is 14.3. The van der Waals surface area contributed by atoms with E-state index in [1.165, 1.54) is 0 Å². The van der Waals surface area contributed by atoms with Crippen LogP contribution in [0.2, 0.25) is 0 Å². The molecule has 24 heavy (non-hydrogen) atoms. The highest BCUT2D eigenvalue weighted by Crippen LogP contribution is 2.20. The number of para-hydroxylation sites is 1. The predicted molar refractivity (Wildman–Crippen MR) is 93.9 cm³/mol. The first kappa shape index (κ1) is 18.2. The molecule has 0 saturated carbocycles. The van der Waals surface area contributed by atoms with Crippen LogP contribution in [0.4, 0.5) is 5.69 Å². The van der Waals surface area contributed by atoms with Crippen LogP contribution in [0.3, 0.4) is 0 Å². The second-order valence-corrected chi connectivity index (χ2v) is 6.39. The summed E-state index contributed by atoms with van der Waals surface area (Å²) in [6.07, 6.45) is 1.01. The maximum absolute atomic E-state index is 12.7. The van der Waals surface area contributed by atoms with Crippen molar-refractivity contribution in [2.75, 3.05) is 39.0 Å². The molecule has 2 N–H and O–H groups in total. The number of β-amino-alcohol motifs (C(OH)–C–C–N with tert-alkyl or cyclic N) is 1. The lowest BCUT2D eigenvalue weighted by molar-refractivity contribution is -0.113. The second kappa shape index (κ2) is 8.08. The monoisotopic (exact) mass is 331 g/mol. The predicted octanol–water partition coefficient (Wildman–Crippen LogP) is 1.34. The minimum atomic E-state index is -0.482. The van der Waals surface area contributed by atoms with Gasteiger partial charge < -0.3 is 20.2 Å². The molecule has 1 fully saturated rings. The van der Waals surface area contributed by atoms with Gasteiger partial charge in [-0.25, -0.2) is 0 Å². The highest BCUT2D eigenvalue weighted by molar-refractivity contribution is 6.08. The molecular weight excluding hydrogens is 306 g/mol. The number of rotatable bonds is 5. The molecule has 2 amide bonds. The summed E-state index contributed by atoms with van der Waals surface area (Å²) in [4.78, 5) is 28.5. The summed E-state index contributed by atoms with van der Waals surface area (Å²) >= 11 is 0. The Kier molecular flexibility index (Phi) is 6.11. The molecule has 0 spiro atoms. The molecule has 6 nitrogen and oxygen atoms in total. The van der Waals surface area contributed by atoms with E-state index in [1.807, 2.05) is 19.0 Å². The van der Waals surface area contributed by atoms with Crippen LogP contribution in [-0.4, -0.2) is 66.6 Å². The minimum absolute atomic E-state index is 0.178. The quantitative estimate of drug-likeness (QED) is 0.799. The van der Waals surface area contributed by atoms with Gasteiger partial charge in [-0.1, -0.05) is 18.7 Å². The maximum atomic E-state index is 12.7. The molecular formula is C18H25N3O3. The summed E-state index contributed by atoms with van der Waals surface area (Å²) in [6.45, 7) is 5.17. The van der Waals surface area contributed by atoms with Crippen LogP contribution in [0.1, 0.15) is 23.2 Å². The number of nitrogens with zero attached hydrogens (tertiary/aromatic N) is 2. The molecule has 0 aliphatic carbocycles. The highest BCUT2D eigenvalue weighted by atomic mass is 16.3. The van der Waals surface area contributed by atoms with Gasteiger partial charge in [0.1, 0.15) is 0 Å². The summed E-state index contributed by atoms with van der Waals surface area (Å²) in [5.41, 5.74) is 1.32.